The number of ether oxygens (including phenoxy) is 2. The minimum absolute atomic E-state index is 0.102. The molecule has 0 aliphatic carbocycles. The Balaban J connectivity index is 1.82. The van der Waals surface area contributed by atoms with E-state index in [1.165, 1.54) is 0 Å². The lowest BCUT2D eigenvalue weighted by Crippen LogP contribution is -2.34. The van der Waals surface area contributed by atoms with E-state index in [9.17, 15) is 14.4 Å². The van der Waals surface area contributed by atoms with Gasteiger partial charge < -0.3 is 14.8 Å². The molecule has 1 aliphatic rings. The van der Waals surface area contributed by atoms with Crippen molar-refractivity contribution in [2.24, 2.45) is 0 Å². The molecule has 0 radical (unpaired) electrons. The Hall–Kier alpha value is -2.57. The van der Waals surface area contributed by atoms with E-state index >= 15 is 0 Å². The number of carbonyl (C=O) groups is 3. The van der Waals surface area contributed by atoms with Gasteiger partial charge in [0.2, 0.25) is 17.7 Å². The van der Waals surface area contributed by atoms with Gasteiger partial charge >= 0.3 is 0 Å². The minimum Gasteiger partial charge on any atom is -0.493 e. The molecule has 0 unspecified atom stereocenters. The van der Waals surface area contributed by atoms with Gasteiger partial charge in [-0.1, -0.05) is 6.07 Å². The maximum atomic E-state index is 11.8. The highest BCUT2D eigenvalue weighted by Crippen LogP contribution is 2.27. The van der Waals surface area contributed by atoms with Crippen LogP contribution in [0.15, 0.2) is 18.2 Å². The monoisotopic (exact) mass is 320 g/mol. The zero-order valence-corrected chi connectivity index (χ0v) is 13.3. The molecule has 1 aliphatic heterocycles. The lowest BCUT2D eigenvalue weighted by atomic mass is 10.2. The van der Waals surface area contributed by atoms with Crippen LogP contribution in [-0.2, 0) is 20.9 Å². The van der Waals surface area contributed by atoms with Gasteiger partial charge in [0.05, 0.1) is 14.2 Å². The van der Waals surface area contributed by atoms with Gasteiger partial charge in [0.25, 0.3) is 0 Å². The summed E-state index contributed by atoms with van der Waals surface area (Å²) in [5, 5.41) is 2.76. The largest absolute Gasteiger partial charge is 0.493 e. The van der Waals surface area contributed by atoms with Crippen LogP contribution in [0.5, 0.6) is 11.5 Å². The van der Waals surface area contributed by atoms with Crippen LogP contribution in [0.2, 0.25) is 0 Å². The summed E-state index contributed by atoms with van der Waals surface area (Å²) in [6.45, 7) is 0.469. The van der Waals surface area contributed by atoms with E-state index in [4.69, 9.17) is 9.47 Å². The van der Waals surface area contributed by atoms with Crippen molar-refractivity contribution in [2.75, 3.05) is 20.8 Å². The fourth-order valence-corrected chi connectivity index (χ4v) is 2.37. The van der Waals surface area contributed by atoms with Crippen molar-refractivity contribution in [1.29, 1.82) is 0 Å². The van der Waals surface area contributed by atoms with Crippen molar-refractivity contribution in [1.82, 2.24) is 10.2 Å². The molecule has 0 aromatic heterocycles. The number of nitrogens with zero attached hydrogens (tertiary/aromatic N) is 1. The summed E-state index contributed by atoms with van der Waals surface area (Å²) in [6.07, 6.45) is 0.586. The predicted octanol–water partition coefficient (Wildman–Crippen LogP) is 0.859. The van der Waals surface area contributed by atoms with E-state index in [-0.39, 0.29) is 43.5 Å². The fourth-order valence-electron chi connectivity index (χ4n) is 2.37. The predicted molar refractivity (Wildman–Crippen MR) is 82.0 cm³/mol. The van der Waals surface area contributed by atoms with E-state index < -0.39 is 0 Å². The highest BCUT2D eigenvalue weighted by atomic mass is 16.5. The molecule has 1 saturated heterocycles. The Bertz CT molecular complexity index is 598. The Labute approximate surface area is 134 Å². The van der Waals surface area contributed by atoms with Crippen LogP contribution in [0.25, 0.3) is 0 Å². The van der Waals surface area contributed by atoms with Crippen molar-refractivity contribution < 1.29 is 23.9 Å². The summed E-state index contributed by atoms with van der Waals surface area (Å²) in [5.41, 5.74) is 0.865. The van der Waals surface area contributed by atoms with Gasteiger partial charge in [0, 0.05) is 32.4 Å². The number of carbonyl (C=O) groups excluding carboxylic acids is 3. The van der Waals surface area contributed by atoms with Gasteiger partial charge in [0.1, 0.15) is 0 Å². The molecule has 2 rings (SSSR count). The highest BCUT2D eigenvalue weighted by Gasteiger charge is 2.28. The lowest BCUT2D eigenvalue weighted by Gasteiger charge is -2.13. The van der Waals surface area contributed by atoms with Gasteiger partial charge in [-0.3, -0.25) is 19.3 Å². The summed E-state index contributed by atoms with van der Waals surface area (Å²) in [6, 6.07) is 5.38. The topological polar surface area (TPSA) is 84.9 Å². The maximum Gasteiger partial charge on any atom is 0.229 e. The van der Waals surface area contributed by atoms with Gasteiger partial charge in [-0.2, -0.15) is 0 Å². The number of nitrogens with one attached hydrogen (secondary N) is 1. The summed E-state index contributed by atoms with van der Waals surface area (Å²) in [7, 11) is 3.10. The van der Waals surface area contributed by atoms with E-state index in [1.807, 2.05) is 6.07 Å². The Morgan fingerprint density at radius 1 is 1.13 bits per heavy atom. The molecule has 0 atom stereocenters. The number of amides is 3. The number of methoxy groups -OCH3 is 2. The second-order valence-electron chi connectivity index (χ2n) is 5.16. The third-order valence-electron chi connectivity index (χ3n) is 3.65. The molecule has 0 bridgehead atoms. The van der Waals surface area contributed by atoms with Gasteiger partial charge in [-0.25, -0.2) is 0 Å². The fraction of sp³-hybridized carbons (Fsp3) is 0.438. The molecule has 1 fully saturated rings. The number of hydrogen-bond donors (Lipinski definition) is 1. The number of rotatable bonds is 7. The van der Waals surface area contributed by atoms with Gasteiger partial charge in [-0.05, 0) is 17.7 Å². The van der Waals surface area contributed by atoms with Crippen LogP contribution >= 0.6 is 0 Å². The molecule has 124 valence electrons. The number of hydrogen-bond acceptors (Lipinski definition) is 5. The third-order valence-corrected chi connectivity index (χ3v) is 3.65. The summed E-state index contributed by atoms with van der Waals surface area (Å²) >= 11 is 0. The summed E-state index contributed by atoms with van der Waals surface area (Å²) < 4.78 is 10.4. The first-order valence-electron chi connectivity index (χ1n) is 7.36. The molecule has 1 aromatic rings. The van der Waals surface area contributed by atoms with Crippen LogP contribution < -0.4 is 14.8 Å². The number of imide groups is 1. The van der Waals surface area contributed by atoms with Crippen LogP contribution in [0, 0.1) is 0 Å². The smallest absolute Gasteiger partial charge is 0.229 e. The zero-order chi connectivity index (χ0) is 16.8. The zero-order valence-electron chi connectivity index (χ0n) is 13.3. The van der Waals surface area contributed by atoms with Crippen LogP contribution in [0.3, 0.4) is 0 Å². The second kappa shape index (κ2) is 7.62. The van der Waals surface area contributed by atoms with Crippen molar-refractivity contribution in [3.05, 3.63) is 23.8 Å². The Kier molecular flexibility index (Phi) is 5.56. The average molecular weight is 320 g/mol. The molecule has 3 amide bonds. The Morgan fingerprint density at radius 3 is 2.39 bits per heavy atom. The summed E-state index contributed by atoms with van der Waals surface area (Å²) in [5.74, 6) is 0.582. The molecule has 23 heavy (non-hydrogen) atoms. The first kappa shape index (κ1) is 16.8. The molecule has 1 N–H and O–H groups in total. The first-order valence-corrected chi connectivity index (χ1v) is 7.36. The summed E-state index contributed by atoms with van der Waals surface area (Å²) in [4.78, 5) is 35.9. The maximum absolute atomic E-state index is 11.8. The van der Waals surface area contributed by atoms with Crippen LogP contribution in [0.1, 0.15) is 24.8 Å². The average Bonchev–Trinajstić information content (AvgIpc) is 2.89. The van der Waals surface area contributed by atoms with Crippen LogP contribution in [0.4, 0.5) is 0 Å². The molecular weight excluding hydrogens is 300 g/mol. The second-order valence-corrected chi connectivity index (χ2v) is 5.16. The number of benzene rings is 1. The SMILES string of the molecule is COc1ccc(CNC(=O)CCN2C(=O)CCC2=O)cc1OC. The van der Waals surface area contributed by atoms with Crippen molar-refractivity contribution in [3.8, 4) is 11.5 Å². The lowest BCUT2D eigenvalue weighted by molar-refractivity contribution is -0.138. The van der Waals surface area contributed by atoms with Gasteiger partial charge in [-0.15, -0.1) is 0 Å². The highest BCUT2D eigenvalue weighted by molar-refractivity contribution is 6.02. The third kappa shape index (κ3) is 4.21. The molecule has 1 heterocycles. The minimum atomic E-state index is -0.215. The van der Waals surface area contributed by atoms with Crippen molar-refractivity contribution in [2.45, 2.75) is 25.8 Å². The quantitative estimate of drug-likeness (QED) is 0.753. The van der Waals surface area contributed by atoms with E-state index in [0.717, 1.165) is 10.5 Å². The molecule has 0 saturated carbocycles. The van der Waals surface area contributed by atoms with Crippen molar-refractivity contribution >= 4 is 17.7 Å². The van der Waals surface area contributed by atoms with Crippen molar-refractivity contribution in [3.63, 3.8) is 0 Å². The molecular formula is C16H20N2O5. The molecule has 1 aromatic carbocycles. The van der Waals surface area contributed by atoms with E-state index in [0.29, 0.717) is 18.0 Å². The molecule has 0 spiro atoms. The molecule has 7 heteroatoms. The Morgan fingerprint density at radius 2 is 1.78 bits per heavy atom. The molecule has 7 nitrogen and oxygen atoms in total. The normalized spacial score (nSPS) is 14.1. The standard InChI is InChI=1S/C16H20N2O5/c1-22-12-4-3-11(9-13(12)23-2)10-17-14(19)7-8-18-15(20)5-6-16(18)21/h3-4,9H,5-8,10H2,1-2H3,(H,17,19). The van der Waals surface area contributed by atoms with Crippen LogP contribution in [-0.4, -0.2) is 43.4 Å². The van der Waals surface area contributed by atoms with Gasteiger partial charge in [0.15, 0.2) is 11.5 Å². The van der Waals surface area contributed by atoms with E-state index in [1.54, 1.807) is 26.4 Å². The first-order chi connectivity index (χ1) is 11.0. The number of likely N-dealkylation sites (tertiary alicyclic amines) is 1. The van der Waals surface area contributed by atoms with E-state index in [2.05, 4.69) is 5.32 Å².